The van der Waals surface area contributed by atoms with Crippen LogP contribution < -0.4 is 15.8 Å². The third kappa shape index (κ3) is 4.58. The smallest absolute Gasteiger partial charge is 0.319 e. The molecule has 0 radical (unpaired) electrons. The van der Waals surface area contributed by atoms with Crippen molar-refractivity contribution in [3.05, 3.63) is 57.2 Å². The summed E-state index contributed by atoms with van der Waals surface area (Å²) in [4.78, 5) is 11.8. The molecule has 2 atom stereocenters. The highest BCUT2D eigenvalue weighted by atomic mass is 35.5. The average molecular weight is 664 g/mol. The van der Waals surface area contributed by atoms with E-state index in [1.54, 1.807) is 6.07 Å². The molecule has 0 unspecified atom stereocenters. The van der Waals surface area contributed by atoms with E-state index in [9.17, 15) is 9.65 Å². The van der Waals surface area contributed by atoms with Crippen molar-refractivity contribution in [3.8, 4) is 23.2 Å². The van der Waals surface area contributed by atoms with Crippen LogP contribution in [-0.2, 0) is 24.5 Å². The predicted molar refractivity (Wildman–Crippen MR) is 170 cm³/mol. The second-order valence-corrected chi connectivity index (χ2v) is 13.6. The maximum atomic E-state index is 15.0. The number of nitrogens with two attached hydrogens (primary N) is 1. The lowest BCUT2D eigenvalue weighted by Gasteiger charge is -2.30. The molecular weight excluding hydrogens is 636 g/mol. The van der Waals surface area contributed by atoms with E-state index >= 15 is 4.39 Å². The van der Waals surface area contributed by atoms with Gasteiger partial charge in [0.05, 0.1) is 57.2 Å². The highest BCUT2D eigenvalue weighted by Gasteiger charge is 2.49. The highest BCUT2D eigenvalue weighted by molar-refractivity contribution is 7.23. The van der Waals surface area contributed by atoms with Gasteiger partial charge in [0.25, 0.3) is 0 Å². The number of fused-ring (bicyclic) bond motifs is 5. The highest BCUT2D eigenvalue weighted by Crippen LogP contribution is 2.49. The van der Waals surface area contributed by atoms with Crippen LogP contribution in [0.4, 0.5) is 19.6 Å². The van der Waals surface area contributed by atoms with Crippen LogP contribution in [0.3, 0.4) is 0 Å². The van der Waals surface area contributed by atoms with E-state index in [0.717, 1.165) is 47.5 Å². The second-order valence-electron chi connectivity index (χ2n) is 12.1. The number of nitrogen functional groups attached to an aromatic ring is 1. The molecule has 8 rings (SSSR count). The standard InChI is InChI=1S/C32H28ClF2N7O3S/c1-15-7-17(45-41-15)10-38-30-25-21-13-43-12-20(21)23(18-3-4-22(35)28-24(18)19(9-36)29(37)46-28)26(33)27(25)39-31(40-30)44-14-32-5-2-6-42(32)11-16(34)8-32/h3-4,7,16H,2,5-6,8,10-14,37H2,1H3,(H,38,39,40)/t16-,32+/m1/s1. The van der Waals surface area contributed by atoms with Gasteiger partial charge in [0.2, 0.25) is 0 Å². The molecule has 3 N–H and O–H groups in total. The fourth-order valence-electron chi connectivity index (χ4n) is 7.31. The summed E-state index contributed by atoms with van der Waals surface area (Å²) in [5.74, 6) is 0.591. The van der Waals surface area contributed by atoms with Gasteiger partial charge in [-0.15, -0.1) is 11.3 Å². The third-order valence-corrected chi connectivity index (χ3v) is 10.7. The van der Waals surface area contributed by atoms with Gasteiger partial charge in [-0.1, -0.05) is 22.8 Å². The van der Waals surface area contributed by atoms with E-state index in [4.69, 9.17) is 41.3 Å². The summed E-state index contributed by atoms with van der Waals surface area (Å²) < 4.78 is 47.4. The van der Waals surface area contributed by atoms with Gasteiger partial charge >= 0.3 is 6.01 Å². The molecular formula is C32H28ClF2N7O3S. The number of hydrogen-bond donors (Lipinski definition) is 2. The SMILES string of the molecule is Cc1cc(CNc2nc(OC[C@@]34CCCN3C[C@H](F)C4)nc3c(Cl)c(-c4ccc(F)c5sc(N)c(C#N)c45)c4c(c23)COC4)on1. The van der Waals surface area contributed by atoms with Crippen molar-refractivity contribution in [2.24, 2.45) is 0 Å². The summed E-state index contributed by atoms with van der Waals surface area (Å²) in [5, 5.41) is 18.9. The molecule has 2 fully saturated rings. The lowest BCUT2D eigenvalue weighted by molar-refractivity contribution is 0.107. The minimum atomic E-state index is -0.902. The van der Waals surface area contributed by atoms with Crippen LogP contribution in [0.5, 0.6) is 6.01 Å². The minimum absolute atomic E-state index is 0.0840. The first-order valence-corrected chi connectivity index (χ1v) is 16.2. The van der Waals surface area contributed by atoms with Crippen LogP contribution in [0.1, 0.15) is 47.4 Å². The second kappa shape index (κ2) is 11.0. The van der Waals surface area contributed by atoms with Crippen molar-refractivity contribution in [1.29, 1.82) is 5.26 Å². The van der Waals surface area contributed by atoms with Crippen molar-refractivity contribution < 1.29 is 22.8 Å². The van der Waals surface area contributed by atoms with E-state index in [2.05, 4.69) is 21.4 Å². The number of benzene rings is 2. The van der Waals surface area contributed by atoms with Crippen molar-refractivity contribution in [2.45, 2.75) is 57.7 Å². The maximum absolute atomic E-state index is 15.0. The number of aromatic nitrogens is 3. The van der Waals surface area contributed by atoms with Crippen LogP contribution in [-0.4, -0.2) is 51.4 Å². The van der Waals surface area contributed by atoms with Crippen LogP contribution in [0.25, 0.3) is 32.1 Å². The molecule has 0 amide bonds. The first kappa shape index (κ1) is 29.3. The topological polar surface area (TPSA) is 135 Å². The average Bonchev–Trinajstić information content (AvgIpc) is 3.85. The molecule has 0 bridgehead atoms. The molecule has 3 aromatic heterocycles. The minimum Gasteiger partial charge on any atom is -0.461 e. The Balaban J connectivity index is 1.31. The van der Waals surface area contributed by atoms with Crippen molar-refractivity contribution in [2.75, 3.05) is 30.7 Å². The normalized spacial score (nSPS) is 20.8. The molecule has 5 aromatic rings. The maximum Gasteiger partial charge on any atom is 0.319 e. The van der Waals surface area contributed by atoms with Crippen molar-refractivity contribution in [3.63, 3.8) is 0 Å². The Morgan fingerprint density at radius 1 is 1.28 bits per heavy atom. The first-order chi connectivity index (χ1) is 22.3. The van der Waals surface area contributed by atoms with Gasteiger partial charge in [-0.2, -0.15) is 15.2 Å². The Kier molecular flexibility index (Phi) is 7.02. The number of ether oxygens (including phenoxy) is 2. The Hall–Kier alpha value is -4.09. The summed E-state index contributed by atoms with van der Waals surface area (Å²) in [5.41, 5.74) is 9.83. The Bertz CT molecular complexity index is 2100. The molecule has 14 heteroatoms. The molecule has 2 aromatic carbocycles. The Morgan fingerprint density at radius 3 is 2.93 bits per heavy atom. The number of alkyl halides is 1. The molecule has 236 valence electrons. The molecule has 6 heterocycles. The number of thiophene rings is 1. The van der Waals surface area contributed by atoms with Crippen LogP contribution in [0.2, 0.25) is 5.02 Å². The third-order valence-electron chi connectivity index (χ3n) is 9.31. The van der Waals surface area contributed by atoms with Crippen molar-refractivity contribution >= 4 is 54.7 Å². The van der Waals surface area contributed by atoms with Gasteiger partial charge in [-0.05, 0) is 49.1 Å². The predicted octanol–water partition coefficient (Wildman–Crippen LogP) is 6.65. The van der Waals surface area contributed by atoms with Crippen molar-refractivity contribution in [1.82, 2.24) is 20.0 Å². The van der Waals surface area contributed by atoms with E-state index in [1.165, 1.54) is 6.07 Å². The van der Waals surface area contributed by atoms with E-state index < -0.39 is 17.5 Å². The molecule has 0 spiro atoms. The molecule has 46 heavy (non-hydrogen) atoms. The molecule has 3 aliphatic heterocycles. The zero-order chi connectivity index (χ0) is 31.7. The summed E-state index contributed by atoms with van der Waals surface area (Å²) in [7, 11) is 0. The number of hydrogen-bond acceptors (Lipinski definition) is 11. The van der Waals surface area contributed by atoms with E-state index in [1.807, 2.05) is 13.0 Å². The van der Waals surface area contributed by atoms with Crippen LogP contribution in [0.15, 0.2) is 22.7 Å². The number of rotatable bonds is 7. The van der Waals surface area contributed by atoms with Gasteiger partial charge < -0.3 is 25.0 Å². The van der Waals surface area contributed by atoms with E-state index in [0.29, 0.717) is 52.0 Å². The van der Waals surface area contributed by atoms with Gasteiger partial charge in [-0.3, -0.25) is 4.90 Å². The number of nitrogens with one attached hydrogen (secondary N) is 1. The summed E-state index contributed by atoms with van der Waals surface area (Å²) >= 11 is 8.30. The zero-order valence-electron chi connectivity index (χ0n) is 24.8. The number of nitriles is 1. The number of aryl methyl sites for hydroxylation is 1. The number of nitrogens with zero attached hydrogens (tertiary/aromatic N) is 5. The summed E-state index contributed by atoms with van der Waals surface area (Å²) in [6, 6.07) is 7.02. The first-order valence-electron chi connectivity index (χ1n) is 15.0. The molecule has 2 saturated heterocycles. The quantitative estimate of drug-likeness (QED) is 0.195. The van der Waals surface area contributed by atoms with Crippen LogP contribution >= 0.6 is 22.9 Å². The monoisotopic (exact) mass is 663 g/mol. The fourth-order valence-corrected chi connectivity index (χ4v) is 8.61. The number of halogens is 3. The zero-order valence-corrected chi connectivity index (χ0v) is 26.3. The lowest BCUT2D eigenvalue weighted by atomic mass is 9.91. The van der Waals surface area contributed by atoms with Crippen LogP contribution in [0, 0.1) is 24.1 Å². The fraction of sp³-hybridized carbons (Fsp3) is 0.375. The van der Waals surface area contributed by atoms with E-state index in [-0.39, 0.29) is 52.7 Å². The Labute approximate surface area is 271 Å². The molecule has 0 saturated carbocycles. The van der Waals surface area contributed by atoms with Gasteiger partial charge in [0.15, 0.2) is 5.76 Å². The summed E-state index contributed by atoms with van der Waals surface area (Å²) in [6.07, 6.45) is 1.31. The largest absolute Gasteiger partial charge is 0.461 e. The molecule has 0 aliphatic carbocycles. The molecule has 3 aliphatic rings. The van der Waals surface area contributed by atoms with Gasteiger partial charge in [-0.25, -0.2) is 8.78 Å². The lowest BCUT2D eigenvalue weighted by Crippen LogP contribution is -2.43. The summed E-state index contributed by atoms with van der Waals surface area (Å²) in [6.45, 7) is 4.08. The molecule has 10 nitrogen and oxygen atoms in total. The number of anilines is 2. The van der Waals surface area contributed by atoms with Gasteiger partial charge in [0, 0.05) is 30.0 Å². The van der Waals surface area contributed by atoms with Gasteiger partial charge in [0.1, 0.15) is 35.5 Å². The Morgan fingerprint density at radius 2 is 2.13 bits per heavy atom.